The summed E-state index contributed by atoms with van der Waals surface area (Å²) in [5.41, 5.74) is -0.430. The minimum absolute atomic E-state index is 0.408. The summed E-state index contributed by atoms with van der Waals surface area (Å²) in [5, 5.41) is 17.9. The zero-order valence-electron chi connectivity index (χ0n) is 9.88. The highest BCUT2D eigenvalue weighted by Crippen LogP contribution is 2.62. The topological polar surface area (TPSA) is 74.6 Å². The molecule has 0 heterocycles. The normalized spacial score (nSPS) is 26.0. The molecule has 6 heteroatoms. The molecule has 18 heavy (non-hydrogen) atoms. The van der Waals surface area contributed by atoms with Crippen LogP contribution in [0.25, 0.3) is 0 Å². The minimum atomic E-state index is -3.38. The van der Waals surface area contributed by atoms with E-state index in [1.807, 2.05) is 0 Å². The van der Waals surface area contributed by atoms with Gasteiger partial charge in [-0.05, 0) is 17.7 Å². The first-order valence-corrected chi connectivity index (χ1v) is 7.48. The van der Waals surface area contributed by atoms with Gasteiger partial charge < -0.3 is 10.2 Å². The van der Waals surface area contributed by atoms with Crippen LogP contribution in [-0.4, -0.2) is 43.4 Å². The Labute approximate surface area is 105 Å². The summed E-state index contributed by atoms with van der Waals surface area (Å²) < 4.78 is 36.2. The molecule has 0 amide bonds. The maximum Gasteiger partial charge on any atom is 0.151 e. The molecule has 1 aromatic rings. The van der Waals surface area contributed by atoms with E-state index in [-0.39, 0.29) is 0 Å². The lowest BCUT2D eigenvalue weighted by molar-refractivity contribution is 0.130. The Bertz CT molecular complexity index is 534. The van der Waals surface area contributed by atoms with Gasteiger partial charge in [-0.2, -0.15) is 0 Å². The molecule has 1 fully saturated rings. The number of sulfone groups is 1. The van der Waals surface area contributed by atoms with Gasteiger partial charge in [-0.15, -0.1) is 0 Å². The fourth-order valence-corrected chi connectivity index (χ4v) is 4.72. The van der Waals surface area contributed by atoms with E-state index in [2.05, 4.69) is 0 Å². The van der Waals surface area contributed by atoms with Crippen LogP contribution in [-0.2, 0) is 9.84 Å². The Morgan fingerprint density at radius 3 is 2.06 bits per heavy atom. The van der Waals surface area contributed by atoms with E-state index in [9.17, 15) is 23.0 Å². The number of halogens is 1. The average Bonchev–Trinajstić information content (AvgIpc) is 3.00. The quantitative estimate of drug-likeness (QED) is 0.828. The van der Waals surface area contributed by atoms with Crippen LogP contribution >= 0.6 is 0 Å². The highest BCUT2D eigenvalue weighted by atomic mass is 32.2. The molecule has 0 saturated heterocycles. The van der Waals surface area contributed by atoms with Gasteiger partial charge in [0.2, 0.25) is 0 Å². The summed E-state index contributed by atoms with van der Waals surface area (Å²) in [6.07, 6.45) is 1.08. The van der Waals surface area contributed by atoms with Crippen molar-refractivity contribution in [3.8, 4) is 0 Å². The summed E-state index contributed by atoms with van der Waals surface area (Å²) in [7, 11) is -3.38. The molecule has 100 valence electrons. The number of benzene rings is 1. The third-order valence-electron chi connectivity index (χ3n) is 3.66. The van der Waals surface area contributed by atoms with Crippen LogP contribution in [0.5, 0.6) is 0 Å². The summed E-state index contributed by atoms with van der Waals surface area (Å²) in [6, 6.07) is 5.47. The van der Waals surface area contributed by atoms with Crippen molar-refractivity contribution in [2.75, 3.05) is 19.5 Å². The van der Waals surface area contributed by atoms with Gasteiger partial charge in [-0.1, -0.05) is 12.1 Å². The van der Waals surface area contributed by atoms with E-state index in [0.717, 1.165) is 6.26 Å². The molecule has 2 atom stereocenters. The van der Waals surface area contributed by atoms with Crippen LogP contribution in [0.3, 0.4) is 0 Å². The lowest BCUT2D eigenvalue weighted by Gasteiger charge is -2.10. The number of hydrogen-bond donors (Lipinski definition) is 2. The van der Waals surface area contributed by atoms with Crippen molar-refractivity contribution in [1.82, 2.24) is 0 Å². The van der Waals surface area contributed by atoms with Crippen molar-refractivity contribution < 1.29 is 23.0 Å². The van der Waals surface area contributed by atoms with E-state index in [1.54, 1.807) is 0 Å². The van der Waals surface area contributed by atoms with Gasteiger partial charge in [0.15, 0.2) is 9.84 Å². The van der Waals surface area contributed by atoms with Crippen molar-refractivity contribution in [2.45, 2.75) is 11.2 Å². The third kappa shape index (κ3) is 1.94. The maximum atomic E-state index is 12.8. The summed E-state index contributed by atoms with van der Waals surface area (Å²) in [6.45, 7) is -0.827. The van der Waals surface area contributed by atoms with E-state index in [1.165, 1.54) is 24.3 Å². The predicted molar refractivity (Wildman–Crippen MR) is 64.4 cm³/mol. The van der Waals surface area contributed by atoms with Gasteiger partial charge in [0.05, 0.1) is 18.5 Å². The van der Waals surface area contributed by atoms with Crippen LogP contribution in [0, 0.1) is 11.2 Å². The highest BCUT2D eigenvalue weighted by Gasteiger charge is 2.69. The molecule has 1 saturated carbocycles. The summed E-state index contributed by atoms with van der Waals surface area (Å²) >= 11 is 0. The van der Waals surface area contributed by atoms with E-state index < -0.39 is 45.5 Å². The second-order valence-electron chi connectivity index (χ2n) is 4.83. The molecule has 1 aromatic carbocycles. The molecule has 4 nitrogen and oxygen atoms in total. The fraction of sp³-hybridized carbons (Fsp3) is 0.500. The minimum Gasteiger partial charge on any atom is -0.396 e. The lowest BCUT2D eigenvalue weighted by Crippen LogP contribution is -2.22. The molecule has 2 N–H and O–H groups in total. The first-order valence-electron chi connectivity index (χ1n) is 5.53. The van der Waals surface area contributed by atoms with Crippen molar-refractivity contribution >= 4 is 9.84 Å². The van der Waals surface area contributed by atoms with Crippen molar-refractivity contribution in [1.29, 1.82) is 0 Å². The van der Waals surface area contributed by atoms with Gasteiger partial charge in [-0.25, -0.2) is 12.8 Å². The molecule has 0 bridgehead atoms. The molecule has 0 radical (unpaired) electrons. The molecule has 2 rings (SSSR count). The third-order valence-corrected chi connectivity index (χ3v) is 5.32. The van der Waals surface area contributed by atoms with Gasteiger partial charge in [0.1, 0.15) is 5.82 Å². The monoisotopic (exact) mass is 274 g/mol. The maximum absolute atomic E-state index is 12.8. The highest BCUT2D eigenvalue weighted by molar-refractivity contribution is 7.91. The Morgan fingerprint density at radius 2 is 1.72 bits per heavy atom. The van der Waals surface area contributed by atoms with E-state index in [0.29, 0.717) is 5.56 Å². The van der Waals surface area contributed by atoms with Crippen LogP contribution in [0.15, 0.2) is 24.3 Å². The predicted octanol–water partition coefficient (Wildman–Crippen LogP) is 0.307. The van der Waals surface area contributed by atoms with Crippen LogP contribution in [0.4, 0.5) is 4.39 Å². The molecule has 1 aliphatic carbocycles. The van der Waals surface area contributed by atoms with E-state index >= 15 is 0 Å². The molecule has 0 aromatic heterocycles. The van der Waals surface area contributed by atoms with Crippen molar-refractivity contribution in [2.24, 2.45) is 5.41 Å². The molecule has 2 unspecified atom stereocenters. The first-order chi connectivity index (χ1) is 8.36. The molecular weight excluding hydrogens is 259 g/mol. The van der Waals surface area contributed by atoms with Crippen LogP contribution in [0.2, 0.25) is 0 Å². The zero-order chi connectivity index (χ0) is 13.6. The summed E-state index contributed by atoms with van der Waals surface area (Å²) in [5.74, 6) is -0.892. The average molecular weight is 274 g/mol. The standard InChI is InChI=1S/C12H15FO4S/c1-18(16,17)11-10(12(11,6-14)7-15)8-2-4-9(13)5-3-8/h2-5,10-11,14-15H,6-7H2,1H3. The molecular formula is C12H15FO4S. The molecule has 0 aliphatic heterocycles. The van der Waals surface area contributed by atoms with E-state index in [4.69, 9.17) is 0 Å². The van der Waals surface area contributed by atoms with Crippen molar-refractivity contribution in [3.63, 3.8) is 0 Å². The van der Waals surface area contributed by atoms with Gasteiger partial charge in [0, 0.05) is 17.6 Å². The number of rotatable bonds is 4. The smallest absolute Gasteiger partial charge is 0.151 e. The van der Waals surface area contributed by atoms with Crippen molar-refractivity contribution in [3.05, 3.63) is 35.6 Å². The van der Waals surface area contributed by atoms with Crippen LogP contribution in [0.1, 0.15) is 11.5 Å². The largest absolute Gasteiger partial charge is 0.396 e. The van der Waals surface area contributed by atoms with Gasteiger partial charge in [0.25, 0.3) is 0 Å². The lowest BCUT2D eigenvalue weighted by atomic mass is 10.0. The Morgan fingerprint density at radius 1 is 1.22 bits per heavy atom. The Kier molecular flexibility index (Phi) is 3.21. The first kappa shape index (κ1) is 13.5. The Balaban J connectivity index is 2.41. The second-order valence-corrected chi connectivity index (χ2v) is 7.00. The Hall–Kier alpha value is -0.980. The molecule has 0 spiro atoms. The molecule has 1 aliphatic rings. The number of aliphatic hydroxyl groups excluding tert-OH is 2. The van der Waals surface area contributed by atoms with Crippen LogP contribution < -0.4 is 0 Å². The number of aliphatic hydroxyl groups is 2. The fourth-order valence-electron chi connectivity index (χ4n) is 2.73. The van der Waals surface area contributed by atoms with Gasteiger partial charge >= 0.3 is 0 Å². The zero-order valence-corrected chi connectivity index (χ0v) is 10.7. The number of hydrogen-bond acceptors (Lipinski definition) is 4. The van der Waals surface area contributed by atoms with Gasteiger partial charge in [-0.3, -0.25) is 0 Å². The SMILES string of the molecule is CS(=O)(=O)C1C(c2ccc(F)cc2)C1(CO)CO. The second kappa shape index (κ2) is 4.29. The summed E-state index contributed by atoms with van der Waals surface area (Å²) in [4.78, 5) is 0.